The molecule has 2 unspecified atom stereocenters. The number of carbonyl (C=O) groups excluding carboxylic acids is 1. The molecule has 0 aromatic carbocycles. The van der Waals surface area contributed by atoms with E-state index in [1.165, 1.54) is 12.8 Å². The maximum Gasteiger partial charge on any atom is 0.257 e. The van der Waals surface area contributed by atoms with Gasteiger partial charge in [0.1, 0.15) is 0 Å². The highest BCUT2D eigenvalue weighted by Crippen LogP contribution is 2.28. The summed E-state index contributed by atoms with van der Waals surface area (Å²) in [5.41, 5.74) is 2.44. The fourth-order valence-corrected chi connectivity index (χ4v) is 3.05. The third-order valence-corrected chi connectivity index (χ3v) is 4.32. The highest BCUT2D eigenvalue weighted by Gasteiger charge is 2.27. The number of anilines is 1. The maximum atomic E-state index is 12.7. The summed E-state index contributed by atoms with van der Waals surface area (Å²) < 4.78 is 0. The first-order chi connectivity index (χ1) is 9.52. The zero-order chi connectivity index (χ0) is 14.7. The van der Waals surface area contributed by atoms with E-state index >= 15 is 0 Å². The quantitative estimate of drug-likeness (QED) is 0.922. The highest BCUT2D eigenvalue weighted by molar-refractivity contribution is 5.99. The van der Waals surface area contributed by atoms with E-state index in [9.17, 15) is 4.79 Å². The van der Waals surface area contributed by atoms with Crippen molar-refractivity contribution < 1.29 is 4.79 Å². The smallest absolute Gasteiger partial charge is 0.257 e. The van der Waals surface area contributed by atoms with Gasteiger partial charge in [-0.1, -0.05) is 19.8 Å². The summed E-state index contributed by atoms with van der Waals surface area (Å²) in [6.45, 7) is 4.21. The maximum absolute atomic E-state index is 12.7. The summed E-state index contributed by atoms with van der Waals surface area (Å²) in [6.07, 6.45) is 6.41. The number of amides is 1. The summed E-state index contributed by atoms with van der Waals surface area (Å²) >= 11 is 0. The Morgan fingerprint density at radius 3 is 2.85 bits per heavy atom. The minimum absolute atomic E-state index is 0.0703. The van der Waals surface area contributed by atoms with Crippen LogP contribution in [-0.4, -0.2) is 35.9 Å². The average molecular weight is 275 g/mol. The van der Waals surface area contributed by atoms with E-state index in [0.717, 1.165) is 24.2 Å². The van der Waals surface area contributed by atoms with E-state index in [1.54, 1.807) is 6.20 Å². The second-order valence-electron chi connectivity index (χ2n) is 5.96. The molecule has 2 rings (SSSR count). The lowest BCUT2D eigenvalue weighted by Crippen LogP contribution is -2.40. The Kier molecular flexibility index (Phi) is 4.63. The van der Waals surface area contributed by atoms with E-state index < -0.39 is 0 Å². The predicted molar refractivity (Wildman–Crippen MR) is 82.0 cm³/mol. The Balaban J connectivity index is 2.18. The van der Waals surface area contributed by atoms with Crippen molar-refractivity contribution in [3.63, 3.8) is 0 Å². The van der Waals surface area contributed by atoms with Crippen molar-refractivity contribution in [2.45, 2.75) is 45.6 Å². The average Bonchev–Trinajstić information content (AvgIpc) is 2.45. The van der Waals surface area contributed by atoms with E-state index in [2.05, 4.69) is 17.2 Å². The molecule has 0 spiro atoms. The Bertz CT molecular complexity index is 487. The first kappa shape index (κ1) is 14.8. The molecule has 1 heterocycles. The third kappa shape index (κ3) is 3.11. The van der Waals surface area contributed by atoms with E-state index in [-0.39, 0.29) is 5.91 Å². The first-order valence-corrected chi connectivity index (χ1v) is 7.44. The monoisotopic (exact) mass is 275 g/mol. The number of hydrogen-bond acceptors (Lipinski definition) is 3. The van der Waals surface area contributed by atoms with Crippen LogP contribution in [0.2, 0.25) is 0 Å². The van der Waals surface area contributed by atoms with Gasteiger partial charge in [0, 0.05) is 32.0 Å². The van der Waals surface area contributed by atoms with Crippen LogP contribution in [0, 0.1) is 12.8 Å². The fourth-order valence-electron chi connectivity index (χ4n) is 3.05. The van der Waals surface area contributed by atoms with Crippen molar-refractivity contribution in [2.24, 2.45) is 5.92 Å². The van der Waals surface area contributed by atoms with Crippen LogP contribution >= 0.6 is 0 Å². The Morgan fingerprint density at radius 1 is 1.45 bits per heavy atom. The summed E-state index contributed by atoms with van der Waals surface area (Å²) in [4.78, 5) is 18.9. The van der Waals surface area contributed by atoms with Crippen LogP contribution in [0.5, 0.6) is 0 Å². The van der Waals surface area contributed by atoms with Crippen molar-refractivity contribution in [1.29, 1.82) is 0 Å². The van der Waals surface area contributed by atoms with Gasteiger partial charge in [0.25, 0.3) is 5.91 Å². The molecule has 1 saturated carbocycles. The van der Waals surface area contributed by atoms with Gasteiger partial charge in [-0.25, -0.2) is 0 Å². The topological polar surface area (TPSA) is 45.2 Å². The Labute approximate surface area is 121 Å². The van der Waals surface area contributed by atoms with Crippen molar-refractivity contribution >= 4 is 11.6 Å². The summed E-state index contributed by atoms with van der Waals surface area (Å²) in [7, 11) is 3.76. The molecule has 0 radical (unpaired) electrons. The molecule has 1 N–H and O–H groups in total. The number of rotatable bonds is 3. The molecule has 1 fully saturated rings. The molecule has 1 aliphatic carbocycles. The molecule has 0 saturated heterocycles. The van der Waals surface area contributed by atoms with Crippen LogP contribution in [0.1, 0.15) is 48.7 Å². The van der Waals surface area contributed by atoms with Gasteiger partial charge in [0.15, 0.2) is 0 Å². The van der Waals surface area contributed by atoms with Gasteiger partial charge in [-0.15, -0.1) is 0 Å². The van der Waals surface area contributed by atoms with Crippen LogP contribution in [0.3, 0.4) is 0 Å². The fraction of sp³-hybridized carbons (Fsp3) is 0.625. The minimum Gasteiger partial charge on any atom is -0.387 e. The van der Waals surface area contributed by atoms with E-state index in [1.807, 2.05) is 32.0 Å². The molecular formula is C16H25N3O. The summed E-state index contributed by atoms with van der Waals surface area (Å²) in [5.74, 6) is 0.782. The van der Waals surface area contributed by atoms with Crippen LogP contribution in [0.25, 0.3) is 0 Å². The lowest BCUT2D eigenvalue weighted by atomic mass is 9.86. The normalized spacial score (nSPS) is 22.4. The number of carbonyl (C=O) groups is 1. The van der Waals surface area contributed by atoms with Gasteiger partial charge < -0.3 is 10.2 Å². The lowest BCUT2D eigenvalue weighted by Gasteiger charge is -2.34. The van der Waals surface area contributed by atoms with Crippen molar-refractivity contribution in [1.82, 2.24) is 9.88 Å². The van der Waals surface area contributed by atoms with E-state index in [0.29, 0.717) is 17.5 Å². The van der Waals surface area contributed by atoms with E-state index in [4.69, 9.17) is 0 Å². The van der Waals surface area contributed by atoms with Crippen molar-refractivity contribution in [3.05, 3.63) is 23.5 Å². The van der Waals surface area contributed by atoms with Gasteiger partial charge in [0.2, 0.25) is 0 Å². The van der Waals surface area contributed by atoms with Gasteiger partial charge in [-0.05, 0) is 31.7 Å². The van der Waals surface area contributed by atoms with Gasteiger partial charge >= 0.3 is 0 Å². The van der Waals surface area contributed by atoms with Gasteiger partial charge in [-0.3, -0.25) is 9.78 Å². The predicted octanol–water partition coefficient (Wildman–Crippen LogP) is 3.08. The number of nitrogens with zero attached hydrogens (tertiary/aromatic N) is 2. The van der Waals surface area contributed by atoms with Crippen molar-refractivity contribution in [3.8, 4) is 0 Å². The van der Waals surface area contributed by atoms with Crippen LogP contribution in [0.15, 0.2) is 12.3 Å². The third-order valence-electron chi connectivity index (χ3n) is 4.32. The second-order valence-corrected chi connectivity index (χ2v) is 5.96. The van der Waals surface area contributed by atoms with Crippen LogP contribution in [-0.2, 0) is 0 Å². The van der Waals surface area contributed by atoms with Crippen molar-refractivity contribution in [2.75, 3.05) is 19.4 Å². The number of nitrogens with one attached hydrogen (secondary N) is 1. The molecule has 4 heteroatoms. The van der Waals surface area contributed by atoms with Gasteiger partial charge in [0.05, 0.1) is 11.3 Å². The summed E-state index contributed by atoms with van der Waals surface area (Å²) in [5, 5.41) is 3.10. The number of hydrogen-bond donors (Lipinski definition) is 1. The molecule has 1 aliphatic rings. The zero-order valence-electron chi connectivity index (χ0n) is 12.9. The molecule has 1 aromatic rings. The Hall–Kier alpha value is -1.58. The number of pyridine rings is 1. The molecule has 1 amide bonds. The molecular weight excluding hydrogens is 250 g/mol. The molecule has 110 valence electrons. The number of aryl methyl sites for hydroxylation is 1. The number of aromatic nitrogens is 1. The zero-order valence-corrected chi connectivity index (χ0v) is 12.9. The highest BCUT2D eigenvalue weighted by atomic mass is 16.2. The first-order valence-electron chi connectivity index (χ1n) is 7.44. The molecule has 2 atom stereocenters. The minimum atomic E-state index is 0.0703. The van der Waals surface area contributed by atoms with Gasteiger partial charge in [-0.2, -0.15) is 0 Å². The molecule has 20 heavy (non-hydrogen) atoms. The molecule has 0 bridgehead atoms. The Morgan fingerprint density at radius 2 is 2.20 bits per heavy atom. The lowest BCUT2D eigenvalue weighted by molar-refractivity contribution is 0.0673. The standard InChI is InChI=1S/C16H25N3O/c1-11-6-5-7-13(8-11)19(4)16(20)14-10-18-12(2)9-15(14)17-3/h9-11,13H,5-8H2,1-4H3,(H,17,18). The van der Waals surface area contributed by atoms with Crippen LogP contribution < -0.4 is 5.32 Å². The van der Waals surface area contributed by atoms with Crippen LogP contribution in [0.4, 0.5) is 5.69 Å². The molecule has 1 aromatic heterocycles. The SMILES string of the molecule is CNc1cc(C)ncc1C(=O)N(C)C1CCCC(C)C1. The largest absolute Gasteiger partial charge is 0.387 e. The molecule has 0 aliphatic heterocycles. The summed E-state index contributed by atoms with van der Waals surface area (Å²) in [6, 6.07) is 2.28. The molecule has 4 nitrogen and oxygen atoms in total. The second kappa shape index (κ2) is 6.25.